The van der Waals surface area contributed by atoms with Crippen molar-refractivity contribution < 1.29 is 18.7 Å². The molecule has 0 spiro atoms. The Hall–Kier alpha value is -2.93. The summed E-state index contributed by atoms with van der Waals surface area (Å²) in [5.74, 6) is -0.401. The number of benzene rings is 3. The van der Waals surface area contributed by atoms with E-state index in [0.29, 0.717) is 5.75 Å². The molecule has 2 atom stereocenters. The highest BCUT2D eigenvalue weighted by molar-refractivity contribution is 9.10. The van der Waals surface area contributed by atoms with Crippen LogP contribution in [0.4, 0.5) is 4.39 Å². The zero-order valence-corrected chi connectivity index (χ0v) is 20.6. The average Bonchev–Trinajstić information content (AvgIpc) is 2.82. The van der Waals surface area contributed by atoms with Gasteiger partial charge in [0.1, 0.15) is 17.6 Å². The Morgan fingerprint density at radius 2 is 1.76 bits per heavy atom. The van der Waals surface area contributed by atoms with Crippen molar-refractivity contribution in [3.05, 3.63) is 76.5 Å². The van der Waals surface area contributed by atoms with Crippen LogP contribution in [0.3, 0.4) is 0 Å². The van der Waals surface area contributed by atoms with Gasteiger partial charge in [0.15, 0.2) is 6.61 Å². The monoisotopic (exact) mass is 514 g/mol. The van der Waals surface area contributed by atoms with Crippen molar-refractivity contribution in [1.29, 1.82) is 0 Å². The van der Waals surface area contributed by atoms with Crippen molar-refractivity contribution in [2.24, 2.45) is 0 Å². The lowest BCUT2D eigenvalue weighted by Gasteiger charge is -2.29. The largest absolute Gasteiger partial charge is 0.483 e. The summed E-state index contributed by atoms with van der Waals surface area (Å²) < 4.78 is 20.0. The number of rotatable bonds is 9. The van der Waals surface area contributed by atoms with Crippen molar-refractivity contribution in [1.82, 2.24) is 10.2 Å². The Morgan fingerprint density at radius 1 is 1.06 bits per heavy atom. The number of nitrogens with zero attached hydrogens (tertiary/aromatic N) is 1. The summed E-state index contributed by atoms with van der Waals surface area (Å²) in [6, 6.07) is 16.8. The maximum Gasteiger partial charge on any atom is 0.261 e. The van der Waals surface area contributed by atoms with E-state index in [9.17, 15) is 14.0 Å². The van der Waals surface area contributed by atoms with Gasteiger partial charge in [-0.15, -0.1) is 0 Å². The Bertz CT molecular complexity index is 1120. The molecule has 33 heavy (non-hydrogen) atoms. The Kier molecular flexibility index (Phi) is 8.44. The van der Waals surface area contributed by atoms with E-state index >= 15 is 0 Å². The first-order valence-electron chi connectivity index (χ1n) is 10.9. The molecule has 0 radical (unpaired) electrons. The molecule has 0 unspecified atom stereocenters. The van der Waals surface area contributed by atoms with Crippen LogP contribution < -0.4 is 10.1 Å². The fourth-order valence-corrected chi connectivity index (χ4v) is 3.99. The molecule has 5 nitrogen and oxygen atoms in total. The molecule has 0 aliphatic carbocycles. The molecule has 0 aromatic heterocycles. The molecule has 7 heteroatoms. The molecule has 0 heterocycles. The maximum atomic E-state index is 13.3. The van der Waals surface area contributed by atoms with E-state index in [-0.39, 0.29) is 36.8 Å². The van der Waals surface area contributed by atoms with E-state index in [0.717, 1.165) is 27.2 Å². The molecule has 3 aromatic rings. The summed E-state index contributed by atoms with van der Waals surface area (Å²) in [5, 5.41) is 4.95. The van der Waals surface area contributed by atoms with Crippen LogP contribution >= 0.6 is 15.9 Å². The van der Waals surface area contributed by atoms with Crippen LogP contribution in [0.5, 0.6) is 5.75 Å². The van der Waals surface area contributed by atoms with Crippen LogP contribution in [0.2, 0.25) is 0 Å². The van der Waals surface area contributed by atoms with Gasteiger partial charge in [-0.05, 0) is 70.7 Å². The molecule has 1 N–H and O–H groups in total. The number of fused-ring (bicyclic) bond motifs is 1. The van der Waals surface area contributed by atoms with Crippen molar-refractivity contribution in [3.63, 3.8) is 0 Å². The van der Waals surface area contributed by atoms with Gasteiger partial charge in [0, 0.05) is 12.6 Å². The fourth-order valence-electron chi connectivity index (χ4n) is 3.38. The number of nitrogens with one attached hydrogen (secondary N) is 1. The fraction of sp³-hybridized carbons (Fsp3) is 0.308. The molecule has 0 bridgehead atoms. The minimum absolute atomic E-state index is 0.00692. The van der Waals surface area contributed by atoms with Crippen molar-refractivity contribution in [3.8, 4) is 5.75 Å². The van der Waals surface area contributed by atoms with Crippen LogP contribution in [0.25, 0.3) is 10.8 Å². The van der Waals surface area contributed by atoms with Crippen molar-refractivity contribution in [2.75, 3.05) is 6.61 Å². The first kappa shape index (κ1) is 24.7. The number of ether oxygens (including phenoxy) is 1. The first-order chi connectivity index (χ1) is 15.8. The molecule has 0 aliphatic rings. The van der Waals surface area contributed by atoms with Crippen molar-refractivity contribution >= 4 is 38.5 Å². The minimum atomic E-state index is -0.722. The molecule has 0 aliphatic heterocycles. The van der Waals surface area contributed by atoms with E-state index < -0.39 is 6.04 Å². The summed E-state index contributed by atoms with van der Waals surface area (Å²) in [6.45, 7) is 5.50. The Morgan fingerprint density at radius 3 is 2.45 bits per heavy atom. The second-order valence-corrected chi connectivity index (χ2v) is 8.82. The minimum Gasteiger partial charge on any atom is -0.483 e. The van der Waals surface area contributed by atoms with Gasteiger partial charge >= 0.3 is 0 Å². The van der Waals surface area contributed by atoms with Gasteiger partial charge in [0.2, 0.25) is 5.91 Å². The third-order valence-electron chi connectivity index (χ3n) is 5.61. The lowest BCUT2D eigenvalue weighted by molar-refractivity contribution is -0.142. The van der Waals surface area contributed by atoms with Crippen LogP contribution in [-0.4, -0.2) is 35.4 Å². The molecule has 0 fully saturated rings. The molecular formula is C26H28BrFN2O3. The predicted octanol–water partition coefficient (Wildman–Crippen LogP) is 5.45. The summed E-state index contributed by atoms with van der Waals surface area (Å²) in [5.41, 5.74) is 0.722. The van der Waals surface area contributed by atoms with Gasteiger partial charge in [0.05, 0.1) is 4.47 Å². The summed E-state index contributed by atoms with van der Waals surface area (Å²) >= 11 is 3.57. The standard InChI is InChI=1S/C26H28BrFN2O3/c1-4-17(2)29-26(32)18(3)30(15-19-9-12-21(28)13-10-19)24(31)16-33-23-14-11-20-7-5-6-8-22(20)25(23)27/h5-14,17-18H,4,15-16H2,1-3H3,(H,29,32)/t17-,18+/m1/s1. The predicted molar refractivity (Wildman–Crippen MR) is 131 cm³/mol. The van der Waals surface area contributed by atoms with Crippen LogP contribution in [0, 0.1) is 5.82 Å². The van der Waals surface area contributed by atoms with Crippen molar-refractivity contribution in [2.45, 2.75) is 45.8 Å². The summed E-state index contributed by atoms with van der Waals surface area (Å²) in [4.78, 5) is 27.4. The molecule has 0 saturated carbocycles. The van der Waals surface area contributed by atoms with Gasteiger partial charge in [-0.1, -0.05) is 49.4 Å². The number of hydrogen-bond donors (Lipinski definition) is 1. The van der Waals surface area contributed by atoms with E-state index in [1.165, 1.54) is 17.0 Å². The highest BCUT2D eigenvalue weighted by Crippen LogP contribution is 2.33. The van der Waals surface area contributed by atoms with Crippen LogP contribution in [0.1, 0.15) is 32.8 Å². The third kappa shape index (κ3) is 6.32. The second kappa shape index (κ2) is 11.3. The highest BCUT2D eigenvalue weighted by atomic mass is 79.9. The van der Waals surface area contributed by atoms with Gasteiger partial charge in [0.25, 0.3) is 5.91 Å². The molecule has 2 amide bonds. The average molecular weight is 515 g/mol. The first-order valence-corrected chi connectivity index (χ1v) is 11.7. The Labute approximate surface area is 202 Å². The lowest BCUT2D eigenvalue weighted by Crippen LogP contribution is -2.50. The SMILES string of the molecule is CC[C@@H](C)NC(=O)[C@H](C)N(Cc1ccc(F)cc1)C(=O)COc1ccc2ccccc2c1Br. The lowest BCUT2D eigenvalue weighted by atomic mass is 10.1. The third-order valence-corrected chi connectivity index (χ3v) is 6.43. The topological polar surface area (TPSA) is 58.6 Å². The molecule has 3 rings (SSSR count). The van der Waals surface area contributed by atoms with Crippen LogP contribution in [-0.2, 0) is 16.1 Å². The summed E-state index contributed by atoms with van der Waals surface area (Å²) in [7, 11) is 0. The van der Waals surface area contributed by atoms with Gasteiger partial charge in [-0.2, -0.15) is 0 Å². The van der Waals surface area contributed by atoms with E-state index in [2.05, 4.69) is 21.2 Å². The maximum absolute atomic E-state index is 13.3. The summed E-state index contributed by atoms with van der Waals surface area (Å²) in [6.07, 6.45) is 0.781. The number of halogens is 2. The zero-order valence-electron chi connectivity index (χ0n) is 19.0. The molecule has 0 saturated heterocycles. The van der Waals surface area contributed by atoms with Gasteiger partial charge in [-0.3, -0.25) is 9.59 Å². The Balaban J connectivity index is 1.78. The highest BCUT2D eigenvalue weighted by Gasteiger charge is 2.27. The number of amides is 2. The quantitative estimate of drug-likeness (QED) is 0.412. The number of hydrogen-bond acceptors (Lipinski definition) is 3. The number of carbonyl (C=O) groups excluding carboxylic acids is 2. The molecule has 174 valence electrons. The second-order valence-electron chi connectivity index (χ2n) is 8.03. The zero-order chi connectivity index (χ0) is 24.0. The van der Waals surface area contributed by atoms with Crippen LogP contribution in [0.15, 0.2) is 65.1 Å². The van der Waals surface area contributed by atoms with E-state index in [1.807, 2.05) is 50.2 Å². The van der Waals surface area contributed by atoms with Gasteiger partial charge < -0.3 is 15.0 Å². The van der Waals surface area contributed by atoms with Gasteiger partial charge in [-0.25, -0.2) is 4.39 Å². The number of carbonyl (C=O) groups is 2. The molecular weight excluding hydrogens is 487 g/mol. The van der Waals surface area contributed by atoms with E-state index in [1.54, 1.807) is 19.1 Å². The smallest absolute Gasteiger partial charge is 0.261 e. The normalized spacial score (nSPS) is 12.8. The van der Waals surface area contributed by atoms with E-state index in [4.69, 9.17) is 4.74 Å². The molecule has 3 aromatic carbocycles.